The molecule has 0 saturated carbocycles. The van der Waals surface area contributed by atoms with E-state index in [2.05, 4.69) is 10.3 Å². The normalized spacial score (nSPS) is 24.0. The fourth-order valence-corrected chi connectivity index (χ4v) is 4.34. The van der Waals surface area contributed by atoms with Crippen LogP contribution >= 0.6 is 0 Å². The molecule has 0 bridgehead atoms. The van der Waals surface area contributed by atoms with Crippen LogP contribution in [-0.4, -0.2) is 32.0 Å². The topological polar surface area (TPSA) is 59.1 Å². The highest BCUT2D eigenvalue weighted by atomic mass is 32.2. The molecule has 2 unspecified atom stereocenters. The highest BCUT2D eigenvalue weighted by molar-refractivity contribution is 7.91. The van der Waals surface area contributed by atoms with Crippen molar-refractivity contribution in [2.45, 2.75) is 18.9 Å². The Morgan fingerprint density at radius 1 is 1.61 bits per heavy atom. The van der Waals surface area contributed by atoms with Crippen LogP contribution in [0.3, 0.4) is 0 Å². The first-order valence-corrected chi connectivity index (χ1v) is 7.81. The van der Waals surface area contributed by atoms with Crippen molar-refractivity contribution in [1.82, 2.24) is 10.3 Å². The van der Waals surface area contributed by atoms with E-state index >= 15 is 0 Å². The van der Waals surface area contributed by atoms with Crippen LogP contribution in [0.1, 0.15) is 24.4 Å². The maximum absolute atomic E-state index is 13.6. The Balaban J connectivity index is 2.09. The van der Waals surface area contributed by atoms with Crippen molar-refractivity contribution in [3.05, 3.63) is 29.8 Å². The highest BCUT2D eigenvalue weighted by Crippen LogP contribution is 2.29. The van der Waals surface area contributed by atoms with Gasteiger partial charge < -0.3 is 5.32 Å². The first kappa shape index (κ1) is 13.4. The van der Waals surface area contributed by atoms with Crippen LogP contribution < -0.4 is 5.32 Å². The van der Waals surface area contributed by atoms with Gasteiger partial charge in [-0.15, -0.1) is 0 Å². The number of halogens is 1. The second-order valence-corrected chi connectivity index (χ2v) is 6.97. The van der Waals surface area contributed by atoms with Crippen molar-refractivity contribution in [1.29, 1.82) is 0 Å². The van der Waals surface area contributed by atoms with E-state index in [0.29, 0.717) is 18.4 Å². The SMILES string of the molecule is CNC(CC1CCS(=O)(=O)C1)c1ccncc1F. The monoisotopic (exact) mass is 272 g/mol. The molecule has 1 saturated heterocycles. The number of sulfone groups is 1. The van der Waals surface area contributed by atoms with E-state index in [1.165, 1.54) is 6.20 Å². The van der Waals surface area contributed by atoms with Gasteiger partial charge in [-0.2, -0.15) is 0 Å². The van der Waals surface area contributed by atoms with Gasteiger partial charge in [-0.05, 0) is 31.9 Å². The Hall–Kier alpha value is -1.01. The zero-order valence-corrected chi connectivity index (χ0v) is 11.1. The molecule has 18 heavy (non-hydrogen) atoms. The van der Waals surface area contributed by atoms with Crippen molar-refractivity contribution in [3.63, 3.8) is 0 Å². The average molecular weight is 272 g/mol. The van der Waals surface area contributed by atoms with Crippen LogP contribution in [0.5, 0.6) is 0 Å². The lowest BCUT2D eigenvalue weighted by Crippen LogP contribution is -2.21. The molecule has 0 aliphatic carbocycles. The number of hydrogen-bond donors (Lipinski definition) is 1. The molecule has 1 N–H and O–H groups in total. The summed E-state index contributed by atoms with van der Waals surface area (Å²) in [5, 5.41) is 3.05. The van der Waals surface area contributed by atoms with E-state index in [-0.39, 0.29) is 29.3 Å². The van der Waals surface area contributed by atoms with Gasteiger partial charge in [0.05, 0.1) is 17.7 Å². The lowest BCUT2D eigenvalue weighted by atomic mass is 9.95. The minimum atomic E-state index is -2.88. The van der Waals surface area contributed by atoms with E-state index in [0.717, 1.165) is 0 Å². The fourth-order valence-electron chi connectivity index (χ4n) is 2.46. The summed E-state index contributed by atoms with van der Waals surface area (Å²) in [6.45, 7) is 0. The number of aromatic nitrogens is 1. The quantitative estimate of drug-likeness (QED) is 0.897. The molecule has 2 atom stereocenters. The van der Waals surface area contributed by atoms with Crippen LogP contribution in [0.2, 0.25) is 0 Å². The van der Waals surface area contributed by atoms with Crippen LogP contribution in [0.25, 0.3) is 0 Å². The molecular formula is C12H17FN2O2S. The molecule has 0 aromatic carbocycles. The molecule has 2 rings (SSSR count). The van der Waals surface area contributed by atoms with Crippen molar-refractivity contribution in [2.75, 3.05) is 18.6 Å². The zero-order valence-electron chi connectivity index (χ0n) is 10.3. The molecule has 0 radical (unpaired) electrons. The number of nitrogens with one attached hydrogen (secondary N) is 1. The van der Waals surface area contributed by atoms with Gasteiger partial charge in [0.2, 0.25) is 0 Å². The molecule has 1 aromatic heterocycles. The first-order chi connectivity index (χ1) is 8.52. The lowest BCUT2D eigenvalue weighted by molar-refractivity contribution is 0.423. The summed E-state index contributed by atoms with van der Waals surface area (Å²) in [7, 11) is -1.12. The minimum absolute atomic E-state index is 0.111. The third-order valence-corrected chi connectivity index (χ3v) is 5.26. The summed E-state index contributed by atoms with van der Waals surface area (Å²) in [5.74, 6) is 0.239. The Morgan fingerprint density at radius 2 is 2.39 bits per heavy atom. The summed E-state index contributed by atoms with van der Waals surface area (Å²) in [4.78, 5) is 3.72. The third-order valence-electron chi connectivity index (χ3n) is 3.42. The number of rotatable bonds is 4. The van der Waals surface area contributed by atoms with Gasteiger partial charge in [0.15, 0.2) is 9.84 Å². The summed E-state index contributed by atoms with van der Waals surface area (Å²) in [5.41, 5.74) is 0.553. The van der Waals surface area contributed by atoms with Gasteiger partial charge in [-0.1, -0.05) is 0 Å². The largest absolute Gasteiger partial charge is 0.313 e. The minimum Gasteiger partial charge on any atom is -0.313 e. The average Bonchev–Trinajstić information content (AvgIpc) is 2.67. The Kier molecular flexibility index (Phi) is 3.97. The molecule has 4 nitrogen and oxygen atoms in total. The van der Waals surface area contributed by atoms with Crippen molar-refractivity contribution >= 4 is 9.84 Å². The van der Waals surface area contributed by atoms with Crippen LogP contribution in [-0.2, 0) is 9.84 Å². The van der Waals surface area contributed by atoms with Crippen molar-refractivity contribution in [3.8, 4) is 0 Å². The lowest BCUT2D eigenvalue weighted by Gasteiger charge is -2.20. The Bertz CT molecular complexity index is 519. The number of pyridine rings is 1. The van der Waals surface area contributed by atoms with E-state index in [1.54, 1.807) is 19.3 Å². The molecule has 1 aromatic rings. The number of hydrogen-bond acceptors (Lipinski definition) is 4. The third kappa shape index (κ3) is 3.05. The summed E-state index contributed by atoms with van der Waals surface area (Å²) >= 11 is 0. The summed E-state index contributed by atoms with van der Waals surface area (Å²) in [6, 6.07) is 1.48. The highest BCUT2D eigenvalue weighted by Gasteiger charge is 2.30. The van der Waals surface area contributed by atoms with E-state index in [1.807, 2.05) is 0 Å². The van der Waals surface area contributed by atoms with Gasteiger partial charge in [-0.25, -0.2) is 12.8 Å². The maximum Gasteiger partial charge on any atom is 0.150 e. The molecule has 1 aliphatic rings. The molecule has 1 aliphatic heterocycles. The predicted octanol–water partition coefficient (Wildman–Crippen LogP) is 1.31. The Labute approximate surface area is 107 Å². The molecule has 2 heterocycles. The number of nitrogens with zero attached hydrogens (tertiary/aromatic N) is 1. The Morgan fingerprint density at radius 3 is 2.94 bits per heavy atom. The predicted molar refractivity (Wildman–Crippen MR) is 67.4 cm³/mol. The van der Waals surface area contributed by atoms with Gasteiger partial charge in [0, 0.05) is 17.8 Å². The molecule has 6 heteroatoms. The van der Waals surface area contributed by atoms with Gasteiger partial charge >= 0.3 is 0 Å². The molecule has 100 valence electrons. The molecule has 0 spiro atoms. The van der Waals surface area contributed by atoms with Gasteiger partial charge in [-0.3, -0.25) is 4.98 Å². The van der Waals surface area contributed by atoms with Crippen LogP contribution in [0.15, 0.2) is 18.5 Å². The van der Waals surface area contributed by atoms with Crippen molar-refractivity contribution in [2.24, 2.45) is 5.92 Å². The second kappa shape index (κ2) is 5.32. The van der Waals surface area contributed by atoms with E-state index in [4.69, 9.17) is 0 Å². The van der Waals surface area contributed by atoms with E-state index < -0.39 is 9.84 Å². The standard InChI is InChI=1S/C12H17FN2O2S/c1-14-12(10-2-4-15-7-11(10)13)6-9-3-5-18(16,17)8-9/h2,4,7,9,12,14H,3,5-6,8H2,1H3. The van der Waals surface area contributed by atoms with Crippen LogP contribution in [0.4, 0.5) is 4.39 Å². The maximum atomic E-state index is 13.6. The zero-order chi connectivity index (χ0) is 13.2. The van der Waals surface area contributed by atoms with Crippen molar-refractivity contribution < 1.29 is 12.8 Å². The summed E-state index contributed by atoms with van der Waals surface area (Å²) in [6.07, 6.45) is 4.04. The second-order valence-electron chi connectivity index (χ2n) is 4.74. The van der Waals surface area contributed by atoms with Crippen LogP contribution in [0, 0.1) is 11.7 Å². The molecule has 1 fully saturated rings. The molecular weight excluding hydrogens is 255 g/mol. The smallest absolute Gasteiger partial charge is 0.150 e. The van der Waals surface area contributed by atoms with Gasteiger partial charge in [0.25, 0.3) is 0 Å². The van der Waals surface area contributed by atoms with Gasteiger partial charge in [0.1, 0.15) is 5.82 Å². The first-order valence-electron chi connectivity index (χ1n) is 5.99. The molecule has 0 amide bonds. The summed E-state index contributed by atoms with van der Waals surface area (Å²) < 4.78 is 36.5. The van der Waals surface area contributed by atoms with E-state index in [9.17, 15) is 12.8 Å². The fraction of sp³-hybridized carbons (Fsp3) is 0.583.